The predicted molar refractivity (Wildman–Crippen MR) is 69.7 cm³/mol. The fraction of sp³-hybridized carbons (Fsp3) is 0.615. The number of nitrogens with zero attached hydrogens (tertiary/aromatic N) is 1. The van der Waals surface area contributed by atoms with E-state index in [0.29, 0.717) is 0 Å². The van der Waals surface area contributed by atoms with Gasteiger partial charge in [0.1, 0.15) is 0 Å². The number of aryl methyl sites for hydroxylation is 2. The molecule has 1 rings (SSSR count). The number of nitrogens with two attached hydrogens (primary N) is 1. The van der Waals surface area contributed by atoms with Gasteiger partial charge in [-0.05, 0) is 45.4 Å². The van der Waals surface area contributed by atoms with Crippen LogP contribution in [0.15, 0.2) is 12.1 Å². The maximum atomic E-state index is 5.45. The van der Waals surface area contributed by atoms with E-state index in [1.54, 1.807) is 0 Å². The van der Waals surface area contributed by atoms with Crippen molar-refractivity contribution in [2.75, 3.05) is 18.4 Å². The third kappa shape index (κ3) is 5.12. The van der Waals surface area contributed by atoms with E-state index < -0.39 is 0 Å². The molecule has 0 fully saturated rings. The molecule has 1 aromatic heterocycles. The molecule has 0 amide bonds. The summed E-state index contributed by atoms with van der Waals surface area (Å²) < 4.78 is 0. The van der Waals surface area contributed by atoms with Gasteiger partial charge in [0.25, 0.3) is 0 Å². The fourth-order valence-corrected chi connectivity index (χ4v) is 1.79. The molecule has 16 heavy (non-hydrogen) atoms. The van der Waals surface area contributed by atoms with Crippen molar-refractivity contribution in [2.45, 2.75) is 39.5 Å². The highest BCUT2D eigenvalue weighted by Gasteiger charge is 1.96. The quantitative estimate of drug-likeness (QED) is 0.696. The third-order valence-corrected chi connectivity index (χ3v) is 2.54. The first-order valence-electron chi connectivity index (χ1n) is 6.11. The second-order valence-electron chi connectivity index (χ2n) is 4.27. The van der Waals surface area contributed by atoms with Crippen LogP contribution in [0, 0.1) is 13.8 Å². The highest BCUT2D eigenvalue weighted by atomic mass is 14.9. The molecule has 0 aliphatic rings. The van der Waals surface area contributed by atoms with E-state index >= 15 is 0 Å². The van der Waals surface area contributed by atoms with E-state index in [-0.39, 0.29) is 0 Å². The monoisotopic (exact) mass is 221 g/mol. The van der Waals surface area contributed by atoms with Crippen LogP contribution in [0.1, 0.15) is 37.1 Å². The largest absolute Gasteiger partial charge is 0.385 e. The molecule has 90 valence electrons. The van der Waals surface area contributed by atoms with Crippen molar-refractivity contribution in [3.63, 3.8) is 0 Å². The third-order valence-electron chi connectivity index (χ3n) is 2.54. The minimum absolute atomic E-state index is 0.816. The summed E-state index contributed by atoms with van der Waals surface area (Å²) >= 11 is 0. The van der Waals surface area contributed by atoms with Crippen molar-refractivity contribution >= 4 is 5.69 Å². The molecule has 1 aromatic rings. The van der Waals surface area contributed by atoms with Crippen molar-refractivity contribution in [3.8, 4) is 0 Å². The van der Waals surface area contributed by atoms with Crippen LogP contribution in [-0.2, 0) is 0 Å². The molecule has 3 N–H and O–H groups in total. The van der Waals surface area contributed by atoms with Crippen molar-refractivity contribution in [1.29, 1.82) is 0 Å². The minimum Gasteiger partial charge on any atom is -0.385 e. The number of unbranched alkanes of at least 4 members (excludes halogenated alkanes) is 3. The predicted octanol–water partition coefficient (Wildman–Crippen LogP) is 2.63. The zero-order valence-electron chi connectivity index (χ0n) is 10.4. The molecule has 0 radical (unpaired) electrons. The van der Waals surface area contributed by atoms with Gasteiger partial charge in [-0.15, -0.1) is 0 Å². The molecule has 0 unspecified atom stereocenters. The summed E-state index contributed by atoms with van der Waals surface area (Å²) in [4.78, 5) is 4.35. The van der Waals surface area contributed by atoms with E-state index in [2.05, 4.69) is 22.4 Å². The smallest absolute Gasteiger partial charge is 0.0396 e. The molecule has 3 nitrogen and oxygen atoms in total. The van der Waals surface area contributed by atoms with Gasteiger partial charge in [0.15, 0.2) is 0 Å². The molecule has 0 aliphatic carbocycles. The van der Waals surface area contributed by atoms with Crippen LogP contribution in [0.4, 0.5) is 5.69 Å². The Morgan fingerprint density at radius 2 is 1.69 bits per heavy atom. The van der Waals surface area contributed by atoms with Gasteiger partial charge in [0.05, 0.1) is 0 Å². The van der Waals surface area contributed by atoms with Gasteiger partial charge in [0.2, 0.25) is 0 Å². The Labute approximate surface area is 98.5 Å². The topological polar surface area (TPSA) is 50.9 Å². The molecule has 0 spiro atoms. The van der Waals surface area contributed by atoms with E-state index in [0.717, 1.165) is 30.9 Å². The summed E-state index contributed by atoms with van der Waals surface area (Å²) in [6.07, 6.45) is 4.85. The van der Waals surface area contributed by atoms with Gasteiger partial charge in [-0.2, -0.15) is 0 Å². The highest BCUT2D eigenvalue weighted by molar-refractivity contribution is 5.44. The Bertz CT molecular complexity index is 290. The molecule has 3 heteroatoms. The van der Waals surface area contributed by atoms with Gasteiger partial charge in [0, 0.05) is 23.6 Å². The molecule has 0 bridgehead atoms. The van der Waals surface area contributed by atoms with E-state index in [1.165, 1.54) is 24.9 Å². The summed E-state index contributed by atoms with van der Waals surface area (Å²) in [6.45, 7) is 5.91. The lowest BCUT2D eigenvalue weighted by atomic mass is 10.2. The summed E-state index contributed by atoms with van der Waals surface area (Å²) in [6, 6.07) is 4.18. The lowest BCUT2D eigenvalue weighted by molar-refractivity contribution is 0.661. The Kier molecular flexibility index (Phi) is 5.86. The second kappa shape index (κ2) is 7.23. The number of hydrogen-bond donors (Lipinski definition) is 2. The Hall–Kier alpha value is -1.09. The number of pyridine rings is 1. The summed E-state index contributed by atoms with van der Waals surface area (Å²) in [5.41, 5.74) is 8.78. The molecule has 0 saturated carbocycles. The lowest BCUT2D eigenvalue weighted by Gasteiger charge is -2.07. The first-order valence-corrected chi connectivity index (χ1v) is 6.11. The molecule has 0 atom stereocenters. The van der Waals surface area contributed by atoms with Gasteiger partial charge < -0.3 is 11.1 Å². The van der Waals surface area contributed by atoms with Crippen LogP contribution in [-0.4, -0.2) is 18.1 Å². The maximum absolute atomic E-state index is 5.45. The standard InChI is InChI=1S/C13H23N3/c1-11-9-13(10-12(2)16-11)15-8-6-4-3-5-7-14/h9-10H,3-8,14H2,1-2H3,(H,15,16). The average Bonchev–Trinajstić information content (AvgIpc) is 2.22. The highest BCUT2D eigenvalue weighted by Crippen LogP contribution is 2.10. The first kappa shape index (κ1) is 13.0. The first-order chi connectivity index (χ1) is 7.72. The number of hydrogen-bond acceptors (Lipinski definition) is 3. The zero-order valence-corrected chi connectivity index (χ0v) is 10.4. The van der Waals surface area contributed by atoms with Gasteiger partial charge >= 0.3 is 0 Å². The van der Waals surface area contributed by atoms with E-state index in [9.17, 15) is 0 Å². The van der Waals surface area contributed by atoms with Crippen LogP contribution >= 0.6 is 0 Å². The number of rotatable bonds is 7. The second-order valence-corrected chi connectivity index (χ2v) is 4.27. The molecule has 0 aliphatic heterocycles. The van der Waals surface area contributed by atoms with Crippen LogP contribution < -0.4 is 11.1 Å². The molecule has 0 aromatic carbocycles. The van der Waals surface area contributed by atoms with E-state index in [1.807, 2.05) is 13.8 Å². The summed E-state index contributed by atoms with van der Waals surface area (Å²) in [5, 5.41) is 3.43. The molecular formula is C13H23N3. The molecule has 0 saturated heterocycles. The number of aromatic nitrogens is 1. The molecular weight excluding hydrogens is 198 g/mol. The van der Waals surface area contributed by atoms with Crippen LogP contribution in [0.3, 0.4) is 0 Å². The minimum atomic E-state index is 0.816. The summed E-state index contributed by atoms with van der Waals surface area (Å²) in [7, 11) is 0. The van der Waals surface area contributed by atoms with Gasteiger partial charge in [-0.1, -0.05) is 12.8 Å². The van der Waals surface area contributed by atoms with Gasteiger partial charge in [-0.25, -0.2) is 0 Å². The van der Waals surface area contributed by atoms with Crippen molar-refractivity contribution in [1.82, 2.24) is 4.98 Å². The summed E-state index contributed by atoms with van der Waals surface area (Å²) in [5.74, 6) is 0. The Morgan fingerprint density at radius 3 is 2.31 bits per heavy atom. The van der Waals surface area contributed by atoms with Crippen molar-refractivity contribution < 1.29 is 0 Å². The Morgan fingerprint density at radius 1 is 1.06 bits per heavy atom. The SMILES string of the molecule is Cc1cc(NCCCCCCN)cc(C)n1. The van der Waals surface area contributed by atoms with Crippen LogP contribution in [0.2, 0.25) is 0 Å². The molecule has 1 heterocycles. The normalized spacial score (nSPS) is 10.4. The number of anilines is 1. The van der Waals surface area contributed by atoms with Crippen molar-refractivity contribution in [2.24, 2.45) is 5.73 Å². The number of nitrogens with one attached hydrogen (secondary N) is 1. The van der Waals surface area contributed by atoms with E-state index in [4.69, 9.17) is 5.73 Å². The van der Waals surface area contributed by atoms with Crippen LogP contribution in [0.25, 0.3) is 0 Å². The Balaban J connectivity index is 2.21. The average molecular weight is 221 g/mol. The van der Waals surface area contributed by atoms with Gasteiger partial charge in [-0.3, -0.25) is 4.98 Å². The zero-order chi connectivity index (χ0) is 11.8. The van der Waals surface area contributed by atoms with Crippen LogP contribution in [0.5, 0.6) is 0 Å². The fourth-order valence-electron chi connectivity index (χ4n) is 1.79. The van der Waals surface area contributed by atoms with Crippen molar-refractivity contribution in [3.05, 3.63) is 23.5 Å². The lowest BCUT2D eigenvalue weighted by Crippen LogP contribution is -2.03. The maximum Gasteiger partial charge on any atom is 0.0396 e.